The fourth-order valence-electron chi connectivity index (χ4n) is 1.41. The number of ether oxygens (including phenoxy) is 3. The largest absolute Gasteiger partial charge is 0.492 e. The molecule has 5 heteroatoms. The van der Waals surface area contributed by atoms with Gasteiger partial charge < -0.3 is 19.9 Å². The molecule has 0 aliphatic heterocycles. The molecule has 0 aliphatic carbocycles. The van der Waals surface area contributed by atoms with Gasteiger partial charge >= 0.3 is 5.97 Å². The molecular weight excluding hydrogens is 234 g/mol. The first-order valence-electron chi connectivity index (χ1n) is 5.87. The standard InChI is InChI=1S/C13H19NO4/c1-3-17-12-6-5-10(9-11(12)14)13(15)18-8-4-7-16-2/h5-6,9H,3-4,7-8,14H2,1-2H3. The van der Waals surface area contributed by atoms with E-state index in [4.69, 9.17) is 19.9 Å². The van der Waals surface area contributed by atoms with E-state index in [1.165, 1.54) is 0 Å². The number of anilines is 1. The maximum atomic E-state index is 11.7. The van der Waals surface area contributed by atoms with Gasteiger partial charge in [-0.15, -0.1) is 0 Å². The Morgan fingerprint density at radius 2 is 2.11 bits per heavy atom. The molecule has 0 aromatic heterocycles. The normalized spacial score (nSPS) is 10.1. The number of rotatable bonds is 7. The summed E-state index contributed by atoms with van der Waals surface area (Å²) in [6, 6.07) is 4.87. The third kappa shape index (κ3) is 4.25. The number of benzene rings is 1. The molecule has 0 saturated carbocycles. The minimum absolute atomic E-state index is 0.333. The van der Waals surface area contributed by atoms with Crippen LogP contribution in [-0.2, 0) is 9.47 Å². The zero-order valence-corrected chi connectivity index (χ0v) is 10.8. The predicted octanol–water partition coefficient (Wildman–Crippen LogP) is 1.86. The Morgan fingerprint density at radius 1 is 1.33 bits per heavy atom. The molecule has 1 aromatic carbocycles. The van der Waals surface area contributed by atoms with Crippen molar-refractivity contribution in [3.05, 3.63) is 23.8 Å². The molecular formula is C13H19NO4. The second kappa shape index (κ2) is 7.55. The van der Waals surface area contributed by atoms with Crippen molar-refractivity contribution in [1.29, 1.82) is 0 Å². The van der Waals surface area contributed by atoms with Crippen molar-refractivity contribution in [1.82, 2.24) is 0 Å². The highest BCUT2D eigenvalue weighted by molar-refractivity contribution is 5.91. The molecule has 0 heterocycles. The lowest BCUT2D eigenvalue weighted by Crippen LogP contribution is -2.09. The van der Waals surface area contributed by atoms with Crippen LogP contribution in [0, 0.1) is 0 Å². The molecule has 2 N–H and O–H groups in total. The third-order valence-corrected chi connectivity index (χ3v) is 2.27. The van der Waals surface area contributed by atoms with Crippen LogP contribution in [0.1, 0.15) is 23.7 Å². The summed E-state index contributed by atoms with van der Waals surface area (Å²) in [4.78, 5) is 11.7. The summed E-state index contributed by atoms with van der Waals surface area (Å²) < 4.78 is 15.2. The molecule has 100 valence electrons. The highest BCUT2D eigenvalue weighted by Crippen LogP contribution is 2.22. The Bertz CT molecular complexity index is 393. The summed E-state index contributed by atoms with van der Waals surface area (Å²) >= 11 is 0. The molecule has 0 unspecified atom stereocenters. The lowest BCUT2D eigenvalue weighted by atomic mass is 10.2. The smallest absolute Gasteiger partial charge is 0.338 e. The molecule has 0 bridgehead atoms. The Kier molecular flexibility index (Phi) is 6.00. The van der Waals surface area contributed by atoms with Crippen LogP contribution in [0.25, 0.3) is 0 Å². The molecule has 0 aliphatic rings. The molecule has 0 fully saturated rings. The van der Waals surface area contributed by atoms with Crippen LogP contribution >= 0.6 is 0 Å². The fourth-order valence-corrected chi connectivity index (χ4v) is 1.41. The lowest BCUT2D eigenvalue weighted by Gasteiger charge is -2.09. The summed E-state index contributed by atoms with van der Waals surface area (Å²) in [5.41, 5.74) is 6.63. The number of esters is 1. The molecule has 5 nitrogen and oxygen atoms in total. The molecule has 1 rings (SSSR count). The number of hydrogen-bond acceptors (Lipinski definition) is 5. The van der Waals surface area contributed by atoms with Gasteiger partial charge in [0.1, 0.15) is 5.75 Å². The van der Waals surface area contributed by atoms with Gasteiger partial charge in [0.2, 0.25) is 0 Å². The zero-order valence-electron chi connectivity index (χ0n) is 10.8. The van der Waals surface area contributed by atoms with Crippen LogP contribution in [0.5, 0.6) is 5.75 Å². The van der Waals surface area contributed by atoms with Crippen molar-refractivity contribution in [2.24, 2.45) is 0 Å². The molecule has 0 radical (unpaired) electrons. The average molecular weight is 253 g/mol. The third-order valence-electron chi connectivity index (χ3n) is 2.27. The molecule has 0 saturated heterocycles. The molecule has 0 spiro atoms. The van der Waals surface area contributed by atoms with E-state index >= 15 is 0 Å². The van der Waals surface area contributed by atoms with Crippen LogP contribution in [0.3, 0.4) is 0 Å². The van der Waals surface area contributed by atoms with Crippen molar-refractivity contribution < 1.29 is 19.0 Å². The van der Waals surface area contributed by atoms with E-state index in [-0.39, 0.29) is 5.97 Å². The van der Waals surface area contributed by atoms with Crippen molar-refractivity contribution in [3.63, 3.8) is 0 Å². The van der Waals surface area contributed by atoms with Gasteiger partial charge in [0.25, 0.3) is 0 Å². The average Bonchev–Trinajstić information content (AvgIpc) is 2.37. The van der Waals surface area contributed by atoms with Crippen LogP contribution < -0.4 is 10.5 Å². The topological polar surface area (TPSA) is 70.8 Å². The van der Waals surface area contributed by atoms with Gasteiger partial charge in [-0.25, -0.2) is 4.79 Å². The number of nitrogen functional groups attached to an aromatic ring is 1. The highest BCUT2D eigenvalue weighted by Gasteiger charge is 2.09. The van der Waals surface area contributed by atoms with Gasteiger partial charge in [0.15, 0.2) is 0 Å². The van der Waals surface area contributed by atoms with Gasteiger partial charge in [0.05, 0.1) is 24.5 Å². The van der Waals surface area contributed by atoms with Gasteiger partial charge in [-0.1, -0.05) is 0 Å². The quantitative estimate of drug-likeness (QED) is 0.456. The van der Waals surface area contributed by atoms with Gasteiger partial charge in [0, 0.05) is 20.1 Å². The van der Waals surface area contributed by atoms with E-state index in [9.17, 15) is 4.79 Å². The Labute approximate surface area is 107 Å². The van der Waals surface area contributed by atoms with E-state index in [1.807, 2.05) is 6.92 Å². The molecule has 0 atom stereocenters. The van der Waals surface area contributed by atoms with E-state index in [1.54, 1.807) is 25.3 Å². The Morgan fingerprint density at radius 3 is 2.72 bits per heavy atom. The zero-order chi connectivity index (χ0) is 13.4. The summed E-state index contributed by atoms with van der Waals surface area (Å²) in [5.74, 6) is 0.189. The lowest BCUT2D eigenvalue weighted by molar-refractivity contribution is 0.0468. The van der Waals surface area contributed by atoms with E-state index in [0.717, 1.165) is 0 Å². The van der Waals surface area contributed by atoms with Crippen molar-refractivity contribution in [2.45, 2.75) is 13.3 Å². The van der Waals surface area contributed by atoms with Crippen molar-refractivity contribution in [3.8, 4) is 5.75 Å². The van der Waals surface area contributed by atoms with Crippen LogP contribution in [-0.4, -0.2) is 32.9 Å². The number of carbonyl (C=O) groups excluding carboxylic acids is 1. The van der Waals surface area contributed by atoms with Crippen LogP contribution in [0.4, 0.5) is 5.69 Å². The van der Waals surface area contributed by atoms with Crippen molar-refractivity contribution >= 4 is 11.7 Å². The second-order valence-electron chi connectivity index (χ2n) is 3.67. The van der Waals surface area contributed by atoms with Gasteiger partial charge in [-0.05, 0) is 25.1 Å². The summed E-state index contributed by atoms with van der Waals surface area (Å²) in [5, 5.41) is 0. The number of hydrogen-bond donors (Lipinski definition) is 1. The van der Waals surface area contributed by atoms with Crippen LogP contribution in [0.15, 0.2) is 18.2 Å². The monoisotopic (exact) mass is 253 g/mol. The predicted molar refractivity (Wildman–Crippen MR) is 68.8 cm³/mol. The Hall–Kier alpha value is -1.75. The van der Waals surface area contributed by atoms with Gasteiger partial charge in [-0.2, -0.15) is 0 Å². The Balaban J connectivity index is 2.55. The van der Waals surface area contributed by atoms with E-state index < -0.39 is 0 Å². The second-order valence-corrected chi connectivity index (χ2v) is 3.67. The number of methoxy groups -OCH3 is 1. The maximum absolute atomic E-state index is 11.7. The minimum Gasteiger partial charge on any atom is -0.492 e. The first kappa shape index (κ1) is 14.3. The van der Waals surface area contributed by atoms with E-state index in [2.05, 4.69) is 0 Å². The van der Waals surface area contributed by atoms with E-state index in [0.29, 0.717) is 43.2 Å². The highest BCUT2D eigenvalue weighted by atomic mass is 16.5. The van der Waals surface area contributed by atoms with Crippen molar-refractivity contribution in [2.75, 3.05) is 32.7 Å². The molecule has 18 heavy (non-hydrogen) atoms. The SMILES string of the molecule is CCOc1ccc(C(=O)OCCCOC)cc1N. The summed E-state index contributed by atoms with van der Waals surface area (Å²) in [7, 11) is 1.61. The van der Waals surface area contributed by atoms with Gasteiger partial charge in [-0.3, -0.25) is 0 Å². The fraction of sp³-hybridized carbons (Fsp3) is 0.462. The minimum atomic E-state index is -0.388. The molecule has 1 aromatic rings. The first-order chi connectivity index (χ1) is 8.69. The number of carbonyl (C=O) groups is 1. The summed E-state index contributed by atoms with van der Waals surface area (Å²) in [6.45, 7) is 3.31. The molecule has 0 amide bonds. The number of nitrogens with two attached hydrogens (primary N) is 1. The van der Waals surface area contributed by atoms with Crippen LogP contribution in [0.2, 0.25) is 0 Å². The first-order valence-corrected chi connectivity index (χ1v) is 5.87. The summed E-state index contributed by atoms with van der Waals surface area (Å²) in [6.07, 6.45) is 0.675. The maximum Gasteiger partial charge on any atom is 0.338 e.